The molecule has 0 aliphatic carbocycles. The second kappa shape index (κ2) is 7.82. The predicted molar refractivity (Wildman–Crippen MR) is 91.4 cm³/mol. The Morgan fingerprint density at radius 2 is 2.00 bits per heavy atom. The summed E-state index contributed by atoms with van der Waals surface area (Å²) in [5, 5.41) is 20.1. The van der Waals surface area contributed by atoms with Crippen molar-refractivity contribution in [2.24, 2.45) is 0 Å². The van der Waals surface area contributed by atoms with Crippen LogP contribution in [0.2, 0.25) is 0 Å². The van der Waals surface area contributed by atoms with Gasteiger partial charge in [-0.2, -0.15) is 18.2 Å². The highest BCUT2D eigenvalue weighted by Gasteiger charge is 2.33. The zero-order valence-corrected chi connectivity index (χ0v) is 15.3. The maximum Gasteiger partial charge on any atom is 0.416 e. The third kappa shape index (κ3) is 5.18. The van der Waals surface area contributed by atoms with Crippen LogP contribution in [0.25, 0.3) is 0 Å². The van der Waals surface area contributed by atoms with E-state index >= 15 is 0 Å². The first-order valence-electron chi connectivity index (χ1n) is 8.11. The number of nitrogens with zero attached hydrogens (tertiary/aromatic N) is 3. The average molecular weight is 401 g/mol. The van der Waals surface area contributed by atoms with Crippen molar-refractivity contribution in [3.8, 4) is 0 Å². The molecule has 0 saturated heterocycles. The fraction of sp³-hybridized carbons (Fsp3) is 0.438. The summed E-state index contributed by atoms with van der Waals surface area (Å²) in [4.78, 5) is 26.3. The zero-order valence-electron chi connectivity index (χ0n) is 15.3. The van der Waals surface area contributed by atoms with Crippen LogP contribution in [-0.4, -0.2) is 27.5 Å². The summed E-state index contributed by atoms with van der Waals surface area (Å²) in [5.74, 6) is 0.216. The Morgan fingerprint density at radius 3 is 2.54 bits per heavy atom. The van der Waals surface area contributed by atoms with E-state index in [1.165, 1.54) is 0 Å². The van der Waals surface area contributed by atoms with E-state index in [4.69, 9.17) is 4.52 Å². The molecule has 1 aromatic carbocycles. The van der Waals surface area contributed by atoms with Crippen molar-refractivity contribution in [1.29, 1.82) is 0 Å². The minimum Gasteiger partial charge on any atom is -0.379 e. The molecule has 1 aromatic heterocycles. The number of amides is 1. The fourth-order valence-electron chi connectivity index (χ4n) is 2.34. The lowest BCUT2D eigenvalue weighted by Crippen LogP contribution is -2.42. The van der Waals surface area contributed by atoms with Crippen molar-refractivity contribution in [3.63, 3.8) is 0 Å². The van der Waals surface area contributed by atoms with Crippen molar-refractivity contribution < 1.29 is 27.4 Å². The molecule has 0 fully saturated rings. The number of nitrogens with one attached hydrogen (secondary N) is 2. The van der Waals surface area contributed by atoms with E-state index in [1.807, 2.05) is 0 Å². The summed E-state index contributed by atoms with van der Waals surface area (Å²) in [5.41, 5.74) is -2.87. The first-order valence-corrected chi connectivity index (χ1v) is 8.11. The van der Waals surface area contributed by atoms with Crippen molar-refractivity contribution in [2.75, 3.05) is 11.9 Å². The van der Waals surface area contributed by atoms with Crippen LogP contribution in [-0.2, 0) is 16.5 Å². The standard InChI is InChI=1S/C16H18F3N5O4/c1-9-21-14(23-28-9)15(2,3)22-13(25)6-7-20-11-5-4-10(16(17,18)19)8-12(11)24(26)27/h4-5,8,20H,6-7H2,1-3H3,(H,22,25). The van der Waals surface area contributed by atoms with Crippen LogP contribution in [0.4, 0.5) is 24.5 Å². The highest BCUT2D eigenvalue weighted by Crippen LogP contribution is 2.34. The number of carbonyl (C=O) groups is 1. The van der Waals surface area contributed by atoms with Gasteiger partial charge >= 0.3 is 6.18 Å². The Hall–Kier alpha value is -3.18. The first kappa shape index (κ1) is 21.1. The molecule has 0 unspecified atom stereocenters. The Bertz CT molecular complexity index is 879. The molecule has 0 aliphatic rings. The molecule has 0 aliphatic heterocycles. The summed E-state index contributed by atoms with van der Waals surface area (Å²) < 4.78 is 43.0. The number of hydrogen-bond donors (Lipinski definition) is 2. The van der Waals surface area contributed by atoms with Crippen LogP contribution in [0.3, 0.4) is 0 Å². The van der Waals surface area contributed by atoms with Crippen molar-refractivity contribution >= 4 is 17.3 Å². The maximum absolute atomic E-state index is 12.7. The molecule has 1 heterocycles. The van der Waals surface area contributed by atoms with Crippen LogP contribution < -0.4 is 10.6 Å². The molecule has 0 bridgehead atoms. The lowest BCUT2D eigenvalue weighted by atomic mass is 10.0. The smallest absolute Gasteiger partial charge is 0.379 e. The topological polar surface area (TPSA) is 123 Å². The molecule has 2 aromatic rings. The highest BCUT2D eigenvalue weighted by atomic mass is 19.4. The third-order valence-corrected chi connectivity index (χ3v) is 3.73. The first-order chi connectivity index (χ1) is 12.9. The molecular weight excluding hydrogens is 383 g/mol. The normalized spacial score (nSPS) is 11.9. The molecule has 2 rings (SSSR count). The van der Waals surface area contributed by atoms with Gasteiger partial charge in [-0.1, -0.05) is 5.16 Å². The fourth-order valence-corrected chi connectivity index (χ4v) is 2.34. The van der Waals surface area contributed by atoms with Crippen LogP contribution in [0, 0.1) is 17.0 Å². The number of nitro benzene ring substituents is 1. The van der Waals surface area contributed by atoms with Gasteiger partial charge in [0, 0.05) is 26.0 Å². The van der Waals surface area contributed by atoms with Gasteiger partial charge in [-0.3, -0.25) is 14.9 Å². The quantitative estimate of drug-likeness (QED) is 0.539. The van der Waals surface area contributed by atoms with E-state index in [-0.39, 0.29) is 24.5 Å². The van der Waals surface area contributed by atoms with Gasteiger partial charge in [0.2, 0.25) is 11.8 Å². The van der Waals surface area contributed by atoms with Gasteiger partial charge < -0.3 is 15.2 Å². The van der Waals surface area contributed by atoms with E-state index in [0.717, 1.165) is 12.1 Å². The number of carbonyl (C=O) groups excluding carboxylic acids is 1. The van der Waals surface area contributed by atoms with Gasteiger partial charge in [0.15, 0.2) is 5.82 Å². The van der Waals surface area contributed by atoms with E-state index in [9.17, 15) is 28.1 Å². The van der Waals surface area contributed by atoms with Crippen molar-refractivity contribution in [2.45, 2.75) is 38.9 Å². The highest BCUT2D eigenvalue weighted by molar-refractivity contribution is 5.77. The number of alkyl halides is 3. The maximum atomic E-state index is 12.7. The van der Waals surface area contributed by atoms with Gasteiger partial charge in [0.05, 0.1) is 16.0 Å². The lowest BCUT2D eigenvalue weighted by molar-refractivity contribution is -0.384. The molecule has 12 heteroatoms. The SMILES string of the molecule is Cc1nc(C(C)(C)NC(=O)CCNc2ccc(C(F)(F)F)cc2[N+](=O)[O-])no1. The minimum absolute atomic E-state index is 0.0284. The lowest BCUT2D eigenvalue weighted by Gasteiger charge is -2.22. The Morgan fingerprint density at radius 1 is 1.32 bits per heavy atom. The Kier molecular flexibility index (Phi) is 5.90. The van der Waals surface area contributed by atoms with Gasteiger partial charge in [-0.25, -0.2) is 0 Å². The molecule has 2 N–H and O–H groups in total. The number of hydrogen-bond acceptors (Lipinski definition) is 7. The predicted octanol–water partition coefficient (Wildman–Crippen LogP) is 3.16. The number of aromatic nitrogens is 2. The number of benzene rings is 1. The summed E-state index contributed by atoms with van der Waals surface area (Å²) >= 11 is 0. The van der Waals surface area contributed by atoms with Crippen molar-refractivity contribution in [1.82, 2.24) is 15.5 Å². The van der Waals surface area contributed by atoms with Crippen LogP contribution >= 0.6 is 0 Å². The molecule has 0 radical (unpaired) electrons. The van der Waals surface area contributed by atoms with Crippen LogP contribution in [0.1, 0.15) is 37.5 Å². The number of anilines is 1. The minimum atomic E-state index is -4.69. The van der Waals surface area contributed by atoms with Gasteiger partial charge in [0.25, 0.3) is 5.69 Å². The van der Waals surface area contributed by atoms with E-state index in [1.54, 1.807) is 20.8 Å². The molecule has 0 spiro atoms. The number of halogens is 3. The number of aryl methyl sites for hydroxylation is 1. The summed E-state index contributed by atoms with van der Waals surface area (Å²) in [6.45, 7) is 4.92. The van der Waals surface area contributed by atoms with E-state index in [2.05, 4.69) is 20.8 Å². The van der Waals surface area contributed by atoms with Gasteiger partial charge in [-0.15, -0.1) is 0 Å². The summed E-state index contributed by atoms with van der Waals surface area (Å²) in [6, 6.07) is 2.14. The molecule has 0 saturated carbocycles. The molecule has 28 heavy (non-hydrogen) atoms. The van der Waals surface area contributed by atoms with Crippen molar-refractivity contribution in [3.05, 3.63) is 45.6 Å². The largest absolute Gasteiger partial charge is 0.416 e. The monoisotopic (exact) mass is 401 g/mol. The molecular formula is C16H18F3N5O4. The Balaban J connectivity index is 1.99. The summed E-state index contributed by atoms with van der Waals surface area (Å²) in [6.07, 6.45) is -4.78. The molecule has 152 valence electrons. The van der Waals surface area contributed by atoms with Gasteiger partial charge in [-0.05, 0) is 26.0 Å². The molecule has 1 amide bonds. The number of rotatable bonds is 7. The molecule has 9 nitrogen and oxygen atoms in total. The second-order valence-corrected chi connectivity index (χ2v) is 6.47. The third-order valence-electron chi connectivity index (χ3n) is 3.73. The zero-order chi connectivity index (χ0) is 21.1. The Labute approximate surface area is 157 Å². The molecule has 0 atom stereocenters. The van der Waals surface area contributed by atoms with Crippen LogP contribution in [0.15, 0.2) is 22.7 Å². The number of nitro groups is 1. The van der Waals surface area contributed by atoms with E-state index in [0.29, 0.717) is 12.0 Å². The average Bonchev–Trinajstić information content (AvgIpc) is 3.01. The second-order valence-electron chi connectivity index (χ2n) is 6.47. The van der Waals surface area contributed by atoms with Gasteiger partial charge in [0.1, 0.15) is 5.69 Å². The van der Waals surface area contributed by atoms with E-state index < -0.39 is 33.8 Å². The summed E-state index contributed by atoms with van der Waals surface area (Å²) in [7, 11) is 0. The van der Waals surface area contributed by atoms with Crippen LogP contribution in [0.5, 0.6) is 0 Å².